The molecule has 1 rings (SSSR count). The van der Waals surface area contributed by atoms with Crippen molar-refractivity contribution in [1.82, 2.24) is 0 Å². The molecule has 1 aromatic rings. The predicted molar refractivity (Wildman–Crippen MR) is 57.7 cm³/mol. The summed E-state index contributed by atoms with van der Waals surface area (Å²) in [5.41, 5.74) is 6.82. The van der Waals surface area contributed by atoms with Crippen molar-refractivity contribution in [2.24, 2.45) is 0 Å². The molecule has 0 spiro atoms. The van der Waals surface area contributed by atoms with E-state index in [2.05, 4.69) is 4.74 Å². The highest BCUT2D eigenvalue weighted by molar-refractivity contribution is 5.77. The van der Waals surface area contributed by atoms with Crippen LogP contribution in [0.25, 0.3) is 0 Å². The summed E-state index contributed by atoms with van der Waals surface area (Å²) in [4.78, 5) is 21.5. The number of rotatable bonds is 4. The maximum Gasteiger partial charge on any atom is 0.345 e. The van der Waals surface area contributed by atoms with Crippen molar-refractivity contribution in [3.8, 4) is 0 Å². The predicted octanol–water partition coefficient (Wildman–Crippen LogP) is 0.828. The van der Waals surface area contributed by atoms with Crippen molar-refractivity contribution < 1.29 is 19.4 Å². The number of nitrogens with two attached hydrogens (primary N) is 1. The van der Waals surface area contributed by atoms with Gasteiger partial charge in [0.15, 0.2) is 0 Å². The average Bonchev–Trinajstić information content (AvgIpc) is 2.15. The molecule has 16 heavy (non-hydrogen) atoms. The number of hydrogen-bond acceptors (Lipinski definition) is 4. The number of carbonyl (C=O) groups excluding carboxylic acids is 1. The minimum absolute atomic E-state index is 0.111. The van der Waals surface area contributed by atoms with Crippen LogP contribution >= 0.6 is 0 Å². The fourth-order valence-electron chi connectivity index (χ4n) is 1.31. The lowest BCUT2D eigenvalue weighted by Crippen LogP contribution is -2.28. The first-order chi connectivity index (χ1) is 7.49. The molecule has 0 saturated carbocycles. The van der Waals surface area contributed by atoms with Crippen LogP contribution in [-0.4, -0.2) is 23.1 Å². The van der Waals surface area contributed by atoms with Crippen LogP contribution in [-0.2, 0) is 20.7 Å². The Bertz CT molecular complexity index is 403. The number of ether oxygens (including phenoxy) is 1. The zero-order chi connectivity index (χ0) is 12.1. The third kappa shape index (κ3) is 3.61. The lowest BCUT2D eigenvalue weighted by molar-refractivity contribution is -0.162. The summed E-state index contributed by atoms with van der Waals surface area (Å²) >= 11 is 0. The minimum Gasteiger partial charge on any atom is -0.478 e. The Labute approximate surface area is 92.8 Å². The molecule has 0 aromatic heterocycles. The maximum atomic E-state index is 10.8. The van der Waals surface area contributed by atoms with Gasteiger partial charge in [0, 0.05) is 19.0 Å². The fourth-order valence-corrected chi connectivity index (χ4v) is 1.31. The van der Waals surface area contributed by atoms with E-state index in [4.69, 9.17) is 10.8 Å². The molecule has 0 aliphatic heterocycles. The molecule has 0 bridgehead atoms. The van der Waals surface area contributed by atoms with Crippen LogP contribution in [0.4, 0.5) is 5.69 Å². The highest BCUT2D eigenvalue weighted by Crippen LogP contribution is 2.11. The molecular weight excluding hydrogens is 210 g/mol. The first-order valence-corrected chi connectivity index (χ1v) is 4.73. The van der Waals surface area contributed by atoms with Crippen LogP contribution in [0.15, 0.2) is 24.3 Å². The zero-order valence-corrected chi connectivity index (χ0v) is 8.84. The number of esters is 1. The van der Waals surface area contributed by atoms with Gasteiger partial charge in [0.05, 0.1) is 0 Å². The van der Waals surface area contributed by atoms with E-state index in [1.165, 1.54) is 6.92 Å². The first-order valence-electron chi connectivity index (χ1n) is 4.73. The van der Waals surface area contributed by atoms with Crippen molar-refractivity contribution >= 4 is 17.6 Å². The van der Waals surface area contributed by atoms with Gasteiger partial charge >= 0.3 is 11.9 Å². The number of carboxylic acids is 1. The number of benzene rings is 1. The standard InChI is InChI=1S/C11H13NO4/c1-7(13)16-10(11(14)15)6-8-3-2-4-9(12)5-8/h2-5,10H,6,12H2,1H3,(H,14,15). The van der Waals surface area contributed by atoms with Gasteiger partial charge in [-0.25, -0.2) is 4.79 Å². The Balaban J connectivity index is 2.75. The summed E-state index contributed by atoms with van der Waals surface area (Å²) in [5.74, 6) is -1.78. The molecule has 0 heterocycles. The first kappa shape index (κ1) is 12.0. The van der Waals surface area contributed by atoms with Crippen molar-refractivity contribution in [2.45, 2.75) is 19.4 Å². The summed E-state index contributed by atoms with van der Waals surface area (Å²) < 4.78 is 4.68. The smallest absolute Gasteiger partial charge is 0.345 e. The summed E-state index contributed by atoms with van der Waals surface area (Å²) in [6.07, 6.45) is -1.06. The zero-order valence-electron chi connectivity index (χ0n) is 8.84. The number of nitrogen functional groups attached to an aromatic ring is 1. The Hall–Kier alpha value is -2.04. The van der Waals surface area contributed by atoms with Crippen molar-refractivity contribution in [3.05, 3.63) is 29.8 Å². The third-order valence-electron chi connectivity index (χ3n) is 1.96. The highest BCUT2D eigenvalue weighted by atomic mass is 16.6. The normalized spacial score (nSPS) is 11.8. The van der Waals surface area contributed by atoms with Crippen LogP contribution in [0, 0.1) is 0 Å². The third-order valence-corrected chi connectivity index (χ3v) is 1.96. The summed E-state index contributed by atoms with van der Waals surface area (Å²) in [6, 6.07) is 6.80. The van der Waals surface area contributed by atoms with Crippen LogP contribution in [0.1, 0.15) is 12.5 Å². The van der Waals surface area contributed by atoms with E-state index < -0.39 is 18.0 Å². The molecule has 86 valence electrons. The highest BCUT2D eigenvalue weighted by Gasteiger charge is 2.20. The Kier molecular flexibility index (Phi) is 3.88. The van der Waals surface area contributed by atoms with Gasteiger partial charge in [-0.15, -0.1) is 0 Å². The number of carbonyl (C=O) groups is 2. The van der Waals surface area contributed by atoms with Gasteiger partial charge in [-0.1, -0.05) is 12.1 Å². The maximum absolute atomic E-state index is 10.8. The minimum atomic E-state index is -1.17. The van der Waals surface area contributed by atoms with Crippen molar-refractivity contribution in [1.29, 1.82) is 0 Å². The number of aliphatic carboxylic acids is 1. The van der Waals surface area contributed by atoms with Gasteiger partial charge in [-0.3, -0.25) is 4.79 Å². The Morgan fingerprint density at radius 2 is 2.19 bits per heavy atom. The Morgan fingerprint density at radius 1 is 1.50 bits per heavy atom. The van der Waals surface area contributed by atoms with Crippen molar-refractivity contribution in [3.63, 3.8) is 0 Å². The van der Waals surface area contributed by atoms with Crippen LogP contribution < -0.4 is 5.73 Å². The molecule has 5 heteroatoms. The molecule has 0 amide bonds. The molecule has 0 radical (unpaired) electrons. The van der Waals surface area contributed by atoms with Gasteiger partial charge in [0.1, 0.15) is 0 Å². The van der Waals surface area contributed by atoms with Crippen LogP contribution in [0.3, 0.4) is 0 Å². The van der Waals surface area contributed by atoms with Crippen LogP contribution in [0.5, 0.6) is 0 Å². The largest absolute Gasteiger partial charge is 0.478 e. The summed E-state index contributed by atoms with van der Waals surface area (Å²) in [7, 11) is 0. The summed E-state index contributed by atoms with van der Waals surface area (Å²) in [6.45, 7) is 1.18. The Morgan fingerprint density at radius 3 is 2.69 bits per heavy atom. The number of carboxylic acid groups (broad SMARTS) is 1. The fraction of sp³-hybridized carbons (Fsp3) is 0.273. The lowest BCUT2D eigenvalue weighted by Gasteiger charge is -2.12. The SMILES string of the molecule is CC(=O)OC(Cc1cccc(N)c1)C(=O)O. The van der Waals surface area contributed by atoms with E-state index >= 15 is 0 Å². The van der Waals surface area contributed by atoms with Gasteiger partial charge < -0.3 is 15.6 Å². The second-order valence-corrected chi connectivity index (χ2v) is 3.39. The van der Waals surface area contributed by atoms with Gasteiger partial charge in [0.2, 0.25) is 6.10 Å². The molecular formula is C11H13NO4. The monoisotopic (exact) mass is 223 g/mol. The van der Waals surface area contributed by atoms with E-state index in [0.717, 1.165) is 0 Å². The molecule has 1 aromatic carbocycles. The molecule has 0 aliphatic carbocycles. The second kappa shape index (κ2) is 5.16. The lowest BCUT2D eigenvalue weighted by atomic mass is 10.1. The molecule has 1 atom stereocenters. The van der Waals surface area contributed by atoms with E-state index in [1.807, 2.05) is 0 Å². The quantitative estimate of drug-likeness (QED) is 0.582. The molecule has 0 saturated heterocycles. The van der Waals surface area contributed by atoms with Crippen LogP contribution in [0.2, 0.25) is 0 Å². The second-order valence-electron chi connectivity index (χ2n) is 3.39. The van der Waals surface area contributed by atoms with E-state index in [-0.39, 0.29) is 6.42 Å². The van der Waals surface area contributed by atoms with E-state index in [0.29, 0.717) is 11.3 Å². The van der Waals surface area contributed by atoms with E-state index in [1.54, 1.807) is 24.3 Å². The number of anilines is 1. The number of hydrogen-bond donors (Lipinski definition) is 2. The van der Waals surface area contributed by atoms with Crippen molar-refractivity contribution in [2.75, 3.05) is 5.73 Å². The molecule has 5 nitrogen and oxygen atoms in total. The molecule has 3 N–H and O–H groups in total. The molecule has 0 aliphatic rings. The van der Waals surface area contributed by atoms with Gasteiger partial charge in [-0.05, 0) is 17.7 Å². The van der Waals surface area contributed by atoms with E-state index in [9.17, 15) is 9.59 Å². The summed E-state index contributed by atoms with van der Waals surface area (Å²) in [5, 5.41) is 8.84. The average molecular weight is 223 g/mol. The van der Waals surface area contributed by atoms with Gasteiger partial charge in [-0.2, -0.15) is 0 Å². The topological polar surface area (TPSA) is 89.6 Å². The van der Waals surface area contributed by atoms with Gasteiger partial charge in [0.25, 0.3) is 0 Å². The molecule has 1 unspecified atom stereocenters. The molecule has 0 fully saturated rings.